The molecule has 4 aliphatic carbocycles. The van der Waals surface area contributed by atoms with Gasteiger partial charge in [0.15, 0.2) is 0 Å². The van der Waals surface area contributed by atoms with Crippen LogP contribution in [0.1, 0.15) is 72.1 Å². The van der Waals surface area contributed by atoms with Gasteiger partial charge in [0, 0.05) is 0 Å². The number of allylic oxidation sites excluding steroid dienone is 2. The summed E-state index contributed by atoms with van der Waals surface area (Å²) >= 11 is 0. The van der Waals surface area contributed by atoms with Gasteiger partial charge in [-0.05, 0) is 85.9 Å². The minimum absolute atomic E-state index is 0.0325. The third kappa shape index (κ3) is 1.79. The van der Waals surface area contributed by atoms with Gasteiger partial charge in [-0.15, -0.1) is 0 Å². The van der Waals surface area contributed by atoms with Crippen LogP contribution in [0.2, 0.25) is 0 Å². The fraction of sp³-hybridized carbons (Fsp3) is 0.900. The fourth-order valence-electron chi connectivity index (χ4n) is 7.18. The van der Waals surface area contributed by atoms with Gasteiger partial charge in [0.1, 0.15) is 0 Å². The van der Waals surface area contributed by atoms with Crippen LogP contribution in [0, 0.1) is 34.5 Å². The standard InChI is InChI=1S/C20H32O/c1-13-12-14-16-7-8-18(21)20(16,3)11-9-17(14)19(2)10-5-4-6-15(13)19/h6,13-14,16-18,21H,4-5,7-12H2,1-3H3/t13-,14+,16+,17+,18+,19+,20+/m1/s1. The Morgan fingerprint density at radius 2 is 1.90 bits per heavy atom. The van der Waals surface area contributed by atoms with Crippen molar-refractivity contribution in [3.63, 3.8) is 0 Å². The highest BCUT2D eigenvalue weighted by molar-refractivity contribution is 5.26. The molecule has 7 atom stereocenters. The molecule has 0 unspecified atom stereocenters. The highest BCUT2D eigenvalue weighted by Crippen LogP contribution is 2.66. The predicted octanol–water partition coefficient (Wildman–Crippen LogP) is 4.95. The fourth-order valence-corrected chi connectivity index (χ4v) is 7.18. The highest BCUT2D eigenvalue weighted by Gasteiger charge is 2.59. The molecular formula is C20H32O. The number of hydrogen-bond acceptors (Lipinski definition) is 1. The molecule has 3 saturated carbocycles. The Bertz CT molecular complexity index is 466. The van der Waals surface area contributed by atoms with Gasteiger partial charge in [0.05, 0.1) is 6.10 Å². The Morgan fingerprint density at radius 1 is 1.10 bits per heavy atom. The highest BCUT2D eigenvalue weighted by atomic mass is 16.3. The summed E-state index contributed by atoms with van der Waals surface area (Å²) in [6, 6.07) is 0. The van der Waals surface area contributed by atoms with Crippen molar-refractivity contribution in [3.05, 3.63) is 11.6 Å². The van der Waals surface area contributed by atoms with Gasteiger partial charge in [-0.3, -0.25) is 0 Å². The van der Waals surface area contributed by atoms with Gasteiger partial charge in [-0.1, -0.05) is 32.4 Å². The van der Waals surface area contributed by atoms with Crippen molar-refractivity contribution in [2.24, 2.45) is 34.5 Å². The Morgan fingerprint density at radius 3 is 2.71 bits per heavy atom. The first kappa shape index (κ1) is 14.3. The zero-order valence-corrected chi connectivity index (χ0v) is 14.1. The van der Waals surface area contributed by atoms with Crippen molar-refractivity contribution >= 4 is 0 Å². The van der Waals surface area contributed by atoms with E-state index in [9.17, 15) is 5.11 Å². The first-order valence-electron chi connectivity index (χ1n) is 9.35. The van der Waals surface area contributed by atoms with Crippen molar-refractivity contribution in [2.75, 3.05) is 0 Å². The van der Waals surface area contributed by atoms with Crippen molar-refractivity contribution in [3.8, 4) is 0 Å². The maximum Gasteiger partial charge on any atom is 0.0596 e. The number of aliphatic hydroxyl groups is 1. The monoisotopic (exact) mass is 288 g/mol. The average Bonchev–Trinajstić information content (AvgIpc) is 2.75. The first-order valence-corrected chi connectivity index (χ1v) is 9.35. The molecule has 1 nitrogen and oxygen atoms in total. The van der Waals surface area contributed by atoms with Gasteiger partial charge >= 0.3 is 0 Å². The van der Waals surface area contributed by atoms with Crippen LogP contribution in [-0.2, 0) is 0 Å². The van der Waals surface area contributed by atoms with E-state index >= 15 is 0 Å². The maximum atomic E-state index is 10.5. The molecule has 4 aliphatic rings. The van der Waals surface area contributed by atoms with E-state index in [4.69, 9.17) is 0 Å². The van der Waals surface area contributed by atoms with Crippen LogP contribution in [0.4, 0.5) is 0 Å². The summed E-state index contributed by atoms with van der Waals surface area (Å²) in [5.74, 6) is 3.32. The minimum atomic E-state index is -0.0325. The average molecular weight is 288 g/mol. The summed E-state index contributed by atoms with van der Waals surface area (Å²) in [7, 11) is 0. The molecule has 21 heavy (non-hydrogen) atoms. The molecule has 1 N–H and O–H groups in total. The molecule has 3 fully saturated rings. The molecule has 0 saturated heterocycles. The van der Waals surface area contributed by atoms with Gasteiger partial charge < -0.3 is 5.11 Å². The van der Waals surface area contributed by atoms with E-state index in [1.54, 1.807) is 5.57 Å². The lowest BCUT2D eigenvalue weighted by Gasteiger charge is -2.59. The Labute approximate surface area is 130 Å². The molecule has 118 valence electrons. The lowest BCUT2D eigenvalue weighted by Crippen LogP contribution is -2.52. The number of hydrogen-bond donors (Lipinski definition) is 1. The summed E-state index contributed by atoms with van der Waals surface area (Å²) in [6.07, 6.45) is 13.0. The molecule has 0 aromatic rings. The summed E-state index contributed by atoms with van der Waals surface area (Å²) in [5.41, 5.74) is 2.51. The van der Waals surface area contributed by atoms with Crippen LogP contribution < -0.4 is 0 Å². The van der Waals surface area contributed by atoms with E-state index < -0.39 is 0 Å². The smallest absolute Gasteiger partial charge is 0.0596 e. The first-order chi connectivity index (χ1) is 9.97. The normalized spacial score (nSPS) is 56.2. The Kier molecular flexibility index (Phi) is 3.13. The van der Waals surface area contributed by atoms with Gasteiger partial charge in [0.25, 0.3) is 0 Å². The van der Waals surface area contributed by atoms with E-state index in [0.717, 1.165) is 30.1 Å². The lowest BCUT2D eigenvalue weighted by molar-refractivity contribution is -0.0811. The van der Waals surface area contributed by atoms with Gasteiger partial charge in [0.2, 0.25) is 0 Å². The van der Waals surface area contributed by atoms with E-state index in [0.29, 0.717) is 5.41 Å². The molecule has 4 rings (SSSR count). The molecule has 0 spiro atoms. The minimum Gasteiger partial charge on any atom is -0.393 e. The van der Waals surface area contributed by atoms with Crippen LogP contribution in [0.25, 0.3) is 0 Å². The molecule has 0 aromatic heterocycles. The van der Waals surface area contributed by atoms with Crippen LogP contribution in [0.3, 0.4) is 0 Å². The summed E-state index contributed by atoms with van der Waals surface area (Å²) in [6.45, 7) is 7.45. The van der Waals surface area contributed by atoms with Crippen molar-refractivity contribution in [1.82, 2.24) is 0 Å². The second-order valence-corrected chi connectivity index (χ2v) is 9.12. The Balaban J connectivity index is 1.72. The second-order valence-electron chi connectivity index (χ2n) is 9.12. The third-order valence-electron chi connectivity index (χ3n) is 8.29. The van der Waals surface area contributed by atoms with Crippen molar-refractivity contribution in [1.29, 1.82) is 0 Å². The second kappa shape index (κ2) is 4.60. The number of fused-ring (bicyclic) bond motifs is 5. The van der Waals surface area contributed by atoms with E-state index in [-0.39, 0.29) is 11.5 Å². The van der Waals surface area contributed by atoms with Gasteiger partial charge in [-0.2, -0.15) is 0 Å². The van der Waals surface area contributed by atoms with E-state index in [2.05, 4.69) is 26.8 Å². The number of rotatable bonds is 0. The predicted molar refractivity (Wildman–Crippen MR) is 86.9 cm³/mol. The zero-order chi connectivity index (χ0) is 14.8. The Hall–Kier alpha value is -0.300. The SMILES string of the molecule is C[C@@H]1C[C@H]2[C@@H]3CC[C@H](O)[C@@]3(C)CC[C@@H]2[C@@]2(C)CCCC=C12. The third-order valence-corrected chi connectivity index (χ3v) is 8.29. The van der Waals surface area contributed by atoms with Crippen LogP contribution in [-0.4, -0.2) is 11.2 Å². The topological polar surface area (TPSA) is 20.2 Å². The summed E-state index contributed by atoms with van der Waals surface area (Å²) in [5, 5.41) is 10.5. The molecule has 0 amide bonds. The molecule has 0 aliphatic heterocycles. The summed E-state index contributed by atoms with van der Waals surface area (Å²) < 4.78 is 0. The van der Waals surface area contributed by atoms with Crippen molar-refractivity contribution in [2.45, 2.75) is 78.2 Å². The molecule has 0 heterocycles. The van der Waals surface area contributed by atoms with E-state index in [1.807, 2.05) is 0 Å². The molecular weight excluding hydrogens is 256 g/mol. The largest absolute Gasteiger partial charge is 0.393 e. The van der Waals surface area contributed by atoms with E-state index in [1.165, 1.54) is 44.9 Å². The van der Waals surface area contributed by atoms with Crippen LogP contribution >= 0.6 is 0 Å². The maximum absolute atomic E-state index is 10.5. The van der Waals surface area contributed by atoms with Crippen LogP contribution in [0.5, 0.6) is 0 Å². The van der Waals surface area contributed by atoms with Crippen molar-refractivity contribution < 1.29 is 5.11 Å². The number of aliphatic hydroxyl groups excluding tert-OH is 1. The summed E-state index contributed by atoms with van der Waals surface area (Å²) in [4.78, 5) is 0. The molecule has 0 radical (unpaired) electrons. The molecule has 1 heteroatoms. The lowest BCUT2D eigenvalue weighted by atomic mass is 9.46. The van der Waals surface area contributed by atoms with Crippen LogP contribution in [0.15, 0.2) is 11.6 Å². The van der Waals surface area contributed by atoms with Gasteiger partial charge in [-0.25, -0.2) is 0 Å². The zero-order valence-electron chi connectivity index (χ0n) is 14.1. The molecule has 0 bridgehead atoms. The molecule has 0 aromatic carbocycles. The quantitative estimate of drug-likeness (QED) is 0.626.